The minimum absolute atomic E-state index is 0.103. The first-order valence-electron chi connectivity index (χ1n) is 6.08. The van der Waals surface area contributed by atoms with Crippen LogP contribution in [0.5, 0.6) is 0 Å². The molecule has 1 aromatic rings. The lowest BCUT2D eigenvalue weighted by atomic mass is 10.1. The SMILES string of the molecule is CNC(=O)C1=CCN(C(=O)c2ccc(F)cc2)CC1. The summed E-state index contributed by atoms with van der Waals surface area (Å²) >= 11 is 0. The molecular weight excluding hydrogens is 247 g/mol. The van der Waals surface area contributed by atoms with E-state index in [1.54, 1.807) is 18.0 Å². The Morgan fingerprint density at radius 2 is 1.95 bits per heavy atom. The van der Waals surface area contributed by atoms with E-state index in [4.69, 9.17) is 0 Å². The van der Waals surface area contributed by atoms with Crippen LogP contribution >= 0.6 is 0 Å². The largest absolute Gasteiger partial charge is 0.355 e. The average Bonchev–Trinajstić information content (AvgIpc) is 2.46. The second-order valence-corrected chi connectivity index (χ2v) is 4.32. The van der Waals surface area contributed by atoms with E-state index in [1.807, 2.05) is 0 Å². The number of halogens is 1. The molecule has 5 heteroatoms. The molecule has 0 radical (unpaired) electrons. The van der Waals surface area contributed by atoms with Crippen molar-refractivity contribution in [3.05, 3.63) is 47.3 Å². The van der Waals surface area contributed by atoms with Gasteiger partial charge in [0.15, 0.2) is 0 Å². The van der Waals surface area contributed by atoms with Crippen molar-refractivity contribution in [2.75, 3.05) is 20.1 Å². The van der Waals surface area contributed by atoms with Crippen molar-refractivity contribution in [2.45, 2.75) is 6.42 Å². The summed E-state index contributed by atoms with van der Waals surface area (Å²) in [7, 11) is 1.58. The third kappa shape index (κ3) is 2.99. The van der Waals surface area contributed by atoms with Crippen LogP contribution in [-0.4, -0.2) is 36.9 Å². The van der Waals surface area contributed by atoms with Gasteiger partial charge in [-0.15, -0.1) is 0 Å². The minimum atomic E-state index is -0.364. The van der Waals surface area contributed by atoms with Gasteiger partial charge in [-0.25, -0.2) is 4.39 Å². The Kier molecular flexibility index (Phi) is 3.94. The maximum Gasteiger partial charge on any atom is 0.254 e. The van der Waals surface area contributed by atoms with Crippen LogP contribution in [0.3, 0.4) is 0 Å². The number of carbonyl (C=O) groups is 2. The first-order chi connectivity index (χ1) is 9.11. The summed E-state index contributed by atoms with van der Waals surface area (Å²) in [6.45, 7) is 0.897. The monoisotopic (exact) mass is 262 g/mol. The topological polar surface area (TPSA) is 49.4 Å². The summed E-state index contributed by atoms with van der Waals surface area (Å²) in [4.78, 5) is 25.2. The fourth-order valence-electron chi connectivity index (χ4n) is 2.00. The Morgan fingerprint density at radius 3 is 2.47 bits per heavy atom. The molecule has 0 aromatic heterocycles. The molecule has 0 saturated heterocycles. The van der Waals surface area contributed by atoms with Gasteiger partial charge >= 0.3 is 0 Å². The van der Waals surface area contributed by atoms with E-state index < -0.39 is 0 Å². The molecule has 1 aliphatic heterocycles. The molecule has 0 unspecified atom stereocenters. The van der Waals surface area contributed by atoms with Gasteiger partial charge in [0, 0.05) is 31.3 Å². The first kappa shape index (κ1) is 13.3. The highest BCUT2D eigenvalue weighted by Crippen LogP contribution is 2.14. The van der Waals surface area contributed by atoms with E-state index in [2.05, 4.69) is 5.32 Å². The Labute approximate surface area is 110 Å². The Hall–Kier alpha value is -2.17. The van der Waals surface area contributed by atoms with E-state index in [-0.39, 0.29) is 17.6 Å². The predicted octanol–water partition coefficient (Wildman–Crippen LogP) is 1.34. The van der Waals surface area contributed by atoms with Gasteiger partial charge in [-0.05, 0) is 30.7 Å². The van der Waals surface area contributed by atoms with E-state index >= 15 is 0 Å². The summed E-state index contributed by atoms with van der Waals surface area (Å²) in [6.07, 6.45) is 2.29. The average molecular weight is 262 g/mol. The molecule has 19 heavy (non-hydrogen) atoms. The molecule has 0 atom stereocenters. The molecule has 0 saturated carbocycles. The fraction of sp³-hybridized carbons (Fsp3) is 0.286. The molecular formula is C14H15FN2O2. The summed E-state index contributed by atoms with van der Waals surface area (Å²) in [5, 5.41) is 2.56. The fourth-order valence-corrected chi connectivity index (χ4v) is 2.00. The lowest BCUT2D eigenvalue weighted by Crippen LogP contribution is -2.37. The Morgan fingerprint density at radius 1 is 1.26 bits per heavy atom. The van der Waals surface area contributed by atoms with Crippen molar-refractivity contribution in [1.29, 1.82) is 0 Å². The van der Waals surface area contributed by atoms with Gasteiger partial charge in [-0.2, -0.15) is 0 Å². The molecule has 1 N–H and O–H groups in total. The normalized spacial score (nSPS) is 14.8. The lowest BCUT2D eigenvalue weighted by Gasteiger charge is -2.26. The van der Waals surface area contributed by atoms with Gasteiger partial charge in [0.2, 0.25) is 5.91 Å². The highest BCUT2D eigenvalue weighted by atomic mass is 19.1. The molecule has 2 rings (SSSR count). The third-order valence-electron chi connectivity index (χ3n) is 3.11. The van der Waals surface area contributed by atoms with Crippen molar-refractivity contribution in [2.24, 2.45) is 0 Å². The summed E-state index contributed by atoms with van der Waals surface area (Å²) in [5.74, 6) is -0.613. The number of hydrogen-bond donors (Lipinski definition) is 1. The number of nitrogens with zero attached hydrogens (tertiary/aromatic N) is 1. The van der Waals surface area contributed by atoms with Gasteiger partial charge in [-0.1, -0.05) is 6.08 Å². The van der Waals surface area contributed by atoms with Gasteiger partial charge in [0.1, 0.15) is 5.82 Å². The van der Waals surface area contributed by atoms with E-state index in [0.29, 0.717) is 30.6 Å². The molecule has 1 heterocycles. The number of nitrogens with one attached hydrogen (secondary N) is 1. The highest BCUT2D eigenvalue weighted by Gasteiger charge is 2.20. The number of carbonyl (C=O) groups excluding carboxylic acids is 2. The Bertz CT molecular complexity index is 523. The molecule has 0 fully saturated rings. The highest BCUT2D eigenvalue weighted by molar-refractivity contribution is 5.96. The molecule has 4 nitrogen and oxygen atoms in total. The van der Waals surface area contributed by atoms with Gasteiger partial charge < -0.3 is 10.2 Å². The molecule has 1 aliphatic rings. The van der Waals surface area contributed by atoms with E-state index in [0.717, 1.165) is 0 Å². The number of hydrogen-bond acceptors (Lipinski definition) is 2. The zero-order chi connectivity index (χ0) is 13.8. The maximum atomic E-state index is 12.8. The van der Waals surface area contributed by atoms with Crippen molar-refractivity contribution in [3.8, 4) is 0 Å². The second-order valence-electron chi connectivity index (χ2n) is 4.32. The zero-order valence-electron chi connectivity index (χ0n) is 10.6. The van der Waals surface area contributed by atoms with E-state index in [1.165, 1.54) is 24.3 Å². The minimum Gasteiger partial charge on any atom is -0.355 e. The molecule has 0 bridgehead atoms. The second kappa shape index (κ2) is 5.65. The van der Waals surface area contributed by atoms with Gasteiger partial charge in [0.25, 0.3) is 5.91 Å². The molecule has 0 aliphatic carbocycles. The number of benzene rings is 1. The van der Waals surface area contributed by atoms with Crippen LogP contribution in [0.25, 0.3) is 0 Å². The summed E-state index contributed by atoms with van der Waals surface area (Å²) in [5.41, 5.74) is 1.16. The van der Waals surface area contributed by atoms with Crippen LogP contribution in [-0.2, 0) is 4.79 Å². The van der Waals surface area contributed by atoms with Crippen LogP contribution in [0, 0.1) is 5.82 Å². The van der Waals surface area contributed by atoms with E-state index in [9.17, 15) is 14.0 Å². The summed E-state index contributed by atoms with van der Waals surface area (Å²) in [6, 6.07) is 5.47. The van der Waals surface area contributed by atoms with Crippen LogP contribution in [0.15, 0.2) is 35.9 Å². The van der Waals surface area contributed by atoms with Crippen molar-refractivity contribution >= 4 is 11.8 Å². The smallest absolute Gasteiger partial charge is 0.254 e. The number of amides is 2. The molecule has 1 aromatic carbocycles. The molecule has 100 valence electrons. The zero-order valence-corrected chi connectivity index (χ0v) is 10.6. The summed E-state index contributed by atoms with van der Waals surface area (Å²) < 4.78 is 12.8. The third-order valence-corrected chi connectivity index (χ3v) is 3.11. The van der Waals surface area contributed by atoms with Gasteiger partial charge in [0.05, 0.1) is 0 Å². The Balaban J connectivity index is 2.05. The van der Waals surface area contributed by atoms with Gasteiger partial charge in [-0.3, -0.25) is 9.59 Å². The van der Waals surface area contributed by atoms with Crippen LogP contribution < -0.4 is 5.32 Å². The van der Waals surface area contributed by atoms with Crippen molar-refractivity contribution < 1.29 is 14.0 Å². The van der Waals surface area contributed by atoms with Crippen LogP contribution in [0.1, 0.15) is 16.8 Å². The maximum absolute atomic E-state index is 12.8. The quantitative estimate of drug-likeness (QED) is 0.874. The molecule has 2 amide bonds. The lowest BCUT2D eigenvalue weighted by molar-refractivity contribution is -0.117. The van der Waals surface area contributed by atoms with Crippen molar-refractivity contribution in [1.82, 2.24) is 10.2 Å². The number of rotatable bonds is 2. The number of likely N-dealkylation sites (N-methyl/N-ethyl adjacent to an activating group) is 1. The van der Waals surface area contributed by atoms with Crippen LogP contribution in [0.4, 0.5) is 4.39 Å². The standard InChI is InChI=1S/C14H15FN2O2/c1-16-13(18)10-6-8-17(9-7-10)14(19)11-2-4-12(15)5-3-11/h2-6H,7-9H2,1H3,(H,16,18). The molecule has 0 spiro atoms. The van der Waals surface area contributed by atoms with Crippen LogP contribution in [0.2, 0.25) is 0 Å². The van der Waals surface area contributed by atoms with Crippen molar-refractivity contribution in [3.63, 3.8) is 0 Å². The first-order valence-corrected chi connectivity index (χ1v) is 6.08. The predicted molar refractivity (Wildman–Crippen MR) is 69.1 cm³/mol.